The van der Waals surface area contributed by atoms with Gasteiger partial charge in [-0.1, -0.05) is 30.3 Å². The average Bonchev–Trinajstić information content (AvgIpc) is 2.91. The maximum atomic E-state index is 12.7. The minimum absolute atomic E-state index is 0.111. The first-order valence-electron chi connectivity index (χ1n) is 7.48. The van der Waals surface area contributed by atoms with E-state index >= 15 is 0 Å². The fourth-order valence-electron chi connectivity index (χ4n) is 2.89. The molecular weight excluding hydrogens is 322 g/mol. The summed E-state index contributed by atoms with van der Waals surface area (Å²) in [5.74, 6) is -0.141. The van der Waals surface area contributed by atoms with Crippen molar-refractivity contribution in [3.63, 3.8) is 0 Å². The molecule has 3 aromatic rings. The number of aromatic hydroxyl groups is 1. The molecule has 6 heteroatoms. The first-order chi connectivity index (χ1) is 12.0. The number of nitrogens with zero attached hydrogens (tertiary/aromatic N) is 1. The van der Waals surface area contributed by atoms with Crippen LogP contribution in [0.3, 0.4) is 0 Å². The van der Waals surface area contributed by atoms with E-state index < -0.39 is 16.4 Å². The first kappa shape index (κ1) is 14.9. The van der Waals surface area contributed by atoms with Crippen molar-refractivity contribution in [1.82, 2.24) is 0 Å². The van der Waals surface area contributed by atoms with Gasteiger partial charge in [-0.2, -0.15) is 0 Å². The second-order valence-corrected chi connectivity index (χ2v) is 5.60. The maximum Gasteiger partial charge on any atom is 0.310 e. The van der Waals surface area contributed by atoms with Crippen LogP contribution in [0.4, 0.5) is 5.69 Å². The Bertz CT molecular complexity index is 1080. The van der Waals surface area contributed by atoms with Crippen molar-refractivity contribution in [1.29, 1.82) is 0 Å². The molecule has 0 saturated heterocycles. The van der Waals surface area contributed by atoms with Crippen molar-refractivity contribution in [2.75, 3.05) is 0 Å². The van der Waals surface area contributed by atoms with E-state index in [0.29, 0.717) is 16.9 Å². The predicted octanol–water partition coefficient (Wildman–Crippen LogP) is 4.07. The van der Waals surface area contributed by atoms with Crippen molar-refractivity contribution in [2.24, 2.45) is 0 Å². The summed E-state index contributed by atoms with van der Waals surface area (Å²) in [6, 6.07) is 15.0. The number of allylic oxidation sites excluding steroid dienone is 1. The first-order valence-corrected chi connectivity index (χ1v) is 7.48. The minimum atomic E-state index is -0.675. The summed E-state index contributed by atoms with van der Waals surface area (Å²) in [6.45, 7) is 0. The van der Waals surface area contributed by atoms with Gasteiger partial charge >= 0.3 is 5.69 Å². The number of nitro benzene ring substituents is 1. The number of ether oxygens (including phenoxy) is 1. The Labute approximate surface area is 141 Å². The Hall–Kier alpha value is -3.67. The number of hydrogen-bond donors (Lipinski definition) is 1. The largest absolute Gasteiger partial charge is 0.502 e. The molecule has 4 rings (SSSR count). The fourth-order valence-corrected chi connectivity index (χ4v) is 2.89. The second kappa shape index (κ2) is 5.45. The summed E-state index contributed by atoms with van der Waals surface area (Å²) in [6.07, 6.45) is 1.46. The third-order valence-corrected chi connectivity index (χ3v) is 4.06. The summed E-state index contributed by atoms with van der Waals surface area (Å²) >= 11 is 0. The van der Waals surface area contributed by atoms with Crippen LogP contribution in [0.1, 0.15) is 15.9 Å². The monoisotopic (exact) mass is 333 g/mol. The number of nitro groups is 1. The van der Waals surface area contributed by atoms with Crippen LogP contribution in [-0.2, 0) is 0 Å². The summed E-state index contributed by atoms with van der Waals surface area (Å²) in [4.78, 5) is 22.8. The molecule has 1 heterocycles. The predicted molar refractivity (Wildman–Crippen MR) is 91.6 cm³/mol. The van der Waals surface area contributed by atoms with Crippen molar-refractivity contribution in [3.05, 3.63) is 81.6 Å². The summed E-state index contributed by atoms with van der Waals surface area (Å²) in [7, 11) is 0. The van der Waals surface area contributed by atoms with Crippen LogP contribution in [-0.4, -0.2) is 15.8 Å². The van der Waals surface area contributed by atoms with Gasteiger partial charge in [-0.25, -0.2) is 0 Å². The Kier molecular flexibility index (Phi) is 3.25. The molecule has 0 saturated carbocycles. The zero-order valence-electron chi connectivity index (χ0n) is 12.8. The molecule has 0 fully saturated rings. The number of fused-ring (bicyclic) bond motifs is 3. The summed E-state index contributed by atoms with van der Waals surface area (Å²) in [5, 5.41) is 22.2. The van der Waals surface area contributed by atoms with E-state index in [2.05, 4.69) is 0 Å². The van der Waals surface area contributed by atoms with Crippen molar-refractivity contribution in [2.45, 2.75) is 0 Å². The van der Waals surface area contributed by atoms with Gasteiger partial charge in [0.05, 0.1) is 10.5 Å². The highest BCUT2D eigenvalue weighted by atomic mass is 16.6. The van der Waals surface area contributed by atoms with Crippen molar-refractivity contribution < 1.29 is 19.6 Å². The van der Waals surface area contributed by atoms with Gasteiger partial charge in [0, 0.05) is 6.07 Å². The van der Waals surface area contributed by atoms with Gasteiger partial charge in [0.2, 0.25) is 5.78 Å². The average molecular weight is 333 g/mol. The number of ketones is 1. The third kappa shape index (κ3) is 2.40. The van der Waals surface area contributed by atoms with Crippen LogP contribution < -0.4 is 4.74 Å². The van der Waals surface area contributed by atoms with Gasteiger partial charge in [0.15, 0.2) is 11.5 Å². The Morgan fingerprint density at radius 1 is 1.08 bits per heavy atom. The van der Waals surface area contributed by atoms with Gasteiger partial charge in [-0.15, -0.1) is 0 Å². The van der Waals surface area contributed by atoms with Crippen LogP contribution in [0, 0.1) is 10.1 Å². The zero-order valence-corrected chi connectivity index (χ0v) is 12.8. The quantitative estimate of drug-likeness (QED) is 0.434. The highest BCUT2D eigenvalue weighted by molar-refractivity contribution is 6.21. The molecule has 1 aliphatic rings. The SMILES string of the molecule is O=C1/C(=C/c2ccc([N+](=O)[O-])c(O)c2)Oc2ccc3ccccc3c21. The number of Topliss-reactive ketones (excluding diaryl/α,β-unsaturated/α-hetero) is 1. The van der Waals surface area contributed by atoms with Gasteiger partial charge < -0.3 is 9.84 Å². The number of rotatable bonds is 2. The molecule has 1 aliphatic heterocycles. The highest BCUT2D eigenvalue weighted by Crippen LogP contribution is 2.37. The Morgan fingerprint density at radius 3 is 2.64 bits per heavy atom. The second-order valence-electron chi connectivity index (χ2n) is 5.60. The van der Waals surface area contributed by atoms with E-state index in [-0.39, 0.29) is 11.5 Å². The van der Waals surface area contributed by atoms with E-state index in [1.165, 1.54) is 24.3 Å². The number of phenols is 1. The molecular formula is C19H11NO5. The molecule has 6 nitrogen and oxygen atoms in total. The van der Waals surface area contributed by atoms with Gasteiger partial charge in [-0.3, -0.25) is 14.9 Å². The molecule has 0 spiro atoms. The molecule has 3 aromatic carbocycles. The molecule has 0 aromatic heterocycles. The standard InChI is InChI=1S/C19H11NO5/c21-15-9-11(5-7-14(15)20(23)24)10-17-19(22)18-13-4-2-1-3-12(13)6-8-16(18)25-17/h1-10,21H/b17-10-. The lowest BCUT2D eigenvalue weighted by Crippen LogP contribution is -1.98. The summed E-state index contributed by atoms with van der Waals surface area (Å²) < 4.78 is 5.64. The Morgan fingerprint density at radius 2 is 1.88 bits per heavy atom. The van der Waals surface area contributed by atoms with E-state index in [1.54, 1.807) is 6.07 Å². The van der Waals surface area contributed by atoms with Crippen molar-refractivity contribution in [3.8, 4) is 11.5 Å². The molecule has 0 bridgehead atoms. The van der Waals surface area contributed by atoms with Crippen LogP contribution in [0.5, 0.6) is 11.5 Å². The van der Waals surface area contributed by atoms with Gasteiger partial charge in [-0.05, 0) is 40.6 Å². The molecule has 0 amide bonds. The molecule has 25 heavy (non-hydrogen) atoms. The maximum absolute atomic E-state index is 12.7. The van der Waals surface area contributed by atoms with Crippen LogP contribution >= 0.6 is 0 Å². The normalized spacial score (nSPS) is 14.6. The van der Waals surface area contributed by atoms with Crippen LogP contribution in [0.15, 0.2) is 60.4 Å². The van der Waals surface area contributed by atoms with Crippen molar-refractivity contribution >= 4 is 28.3 Å². The fraction of sp³-hybridized carbons (Fsp3) is 0. The van der Waals surface area contributed by atoms with E-state index in [4.69, 9.17) is 4.74 Å². The number of phenolic OH excluding ortho intramolecular Hbond substituents is 1. The molecule has 0 aliphatic carbocycles. The van der Waals surface area contributed by atoms with E-state index in [9.17, 15) is 20.0 Å². The molecule has 0 atom stereocenters. The lowest BCUT2D eigenvalue weighted by atomic mass is 10.0. The van der Waals surface area contributed by atoms with E-state index in [0.717, 1.165) is 10.8 Å². The topological polar surface area (TPSA) is 89.7 Å². The van der Waals surface area contributed by atoms with E-state index in [1.807, 2.05) is 30.3 Å². The van der Waals surface area contributed by atoms with Crippen LogP contribution in [0.2, 0.25) is 0 Å². The number of benzene rings is 3. The highest BCUT2D eigenvalue weighted by Gasteiger charge is 2.29. The third-order valence-electron chi connectivity index (χ3n) is 4.06. The molecule has 122 valence electrons. The number of carbonyl (C=O) groups is 1. The number of carbonyl (C=O) groups excluding carboxylic acids is 1. The summed E-state index contributed by atoms with van der Waals surface area (Å²) in [5.41, 5.74) is 0.536. The smallest absolute Gasteiger partial charge is 0.310 e. The van der Waals surface area contributed by atoms with Crippen LogP contribution in [0.25, 0.3) is 16.8 Å². The number of hydrogen-bond acceptors (Lipinski definition) is 5. The lowest BCUT2D eigenvalue weighted by Gasteiger charge is -2.01. The molecule has 0 unspecified atom stereocenters. The van der Waals surface area contributed by atoms with Gasteiger partial charge in [0.25, 0.3) is 0 Å². The zero-order chi connectivity index (χ0) is 17.6. The Balaban J connectivity index is 1.77. The van der Waals surface area contributed by atoms with Gasteiger partial charge in [0.1, 0.15) is 5.75 Å². The minimum Gasteiger partial charge on any atom is -0.502 e. The molecule has 0 radical (unpaired) electrons. The molecule has 1 N–H and O–H groups in total. The lowest BCUT2D eigenvalue weighted by molar-refractivity contribution is -0.385.